The smallest absolute Gasteiger partial charge is 0.0319 e. The maximum absolute atomic E-state index is 2.46. The summed E-state index contributed by atoms with van der Waals surface area (Å²) in [6.45, 7) is 4.58. The maximum atomic E-state index is 2.46. The van der Waals surface area contributed by atoms with Gasteiger partial charge in [0, 0.05) is 0 Å². The highest BCUT2D eigenvalue weighted by Gasteiger charge is 1.94. The lowest BCUT2D eigenvalue weighted by atomic mass is 10.0. The average Bonchev–Trinajstić information content (AvgIpc) is 2.71. The van der Waals surface area contributed by atoms with Crippen LogP contribution in [0.15, 0.2) is 12.2 Å². The minimum atomic E-state index is 1.19. The van der Waals surface area contributed by atoms with E-state index in [1.165, 1.54) is 148 Å². The third kappa shape index (κ3) is 25.7. The molecule has 0 aliphatic rings. The Hall–Kier alpha value is -0.260. The SMILES string of the molecule is CCCCCC[CH]CC=CCCCCCCCCCCCCCCCCCC. The lowest BCUT2D eigenvalue weighted by molar-refractivity contribution is 0.530. The summed E-state index contributed by atoms with van der Waals surface area (Å²) in [5, 5.41) is 0. The largest absolute Gasteiger partial charge is 0.0885 e. The first-order valence-corrected chi connectivity index (χ1v) is 13.4. The van der Waals surface area contributed by atoms with Gasteiger partial charge in [-0.1, -0.05) is 148 Å². The van der Waals surface area contributed by atoms with Crippen molar-refractivity contribution in [3.8, 4) is 0 Å². The van der Waals surface area contributed by atoms with E-state index in [-0.39, 0.29) is 0 Å². The highest BCUT2D eigenvalue weighted by atomic mass is 14.0. The van der Waals surface area contributed by atoms with Gasteiger partial charge in [-0.05, 0) is 32.1 Å². The molecule has 0 atom stereocenters. The van der Waals surface area contributed by atoms with Crippen LogP contribution in [0.2, 0.25) is 0 Å². The summed E-state index contributed by atoms with van der Waals surface area (Å²) in [5.41, 5.74) is 0. The van der Waals surface area contributed by atoms with E-state index in [9.17, 15) is 0 Å². The molecule has 0 unspecified atom stereocenters. The zero-order valence-corrected chi connectivity index (χ0v) is 20.0. The van der Waals surface area contributed by atoms with Gasteiger partial charge < -0.3 is 0 Å². The highest BCUT2D eigenvalue weighted by Crippen LogP contribution is 2.14. The second kappa shape index (κ2) is 26.7. The van der Waals surface area contributed by atoms with Gasteiger partial charge in [-0.15, -0.1) is 0 Å². The number of allylic oxidation sites excluding steroid dienone is 2. The third-order valence-electron chi connectivity index (χ3n) is 5.96. The van der Waals surface area contributed by atoms with Crippen molar-refractivity contribution in [1.29, 1.82) is 0 Å². The maximum Gasteiger partial charge on any atom is -0.0319 e. The van der Waals surface area contributed by atoms with Crippen LogP contribution in [0.3, 0.4) is 0 Å². The molecule has 0 aromatic carbocycles. The molecule has 28 heavy (non-hydrogen) atoms. The molecule has 0 aliphatic heterocycles. The number of hydrogen-bond donors (Lipinski definition) is 0. The number of rotatable bonds is 24. The van der Waals surface area contributed by atoms with Crippen molar-refractivity contribution in [2.75, 3.05) is 0 Å². The lowest BCUT2D eigenvalue weighted by Gasteiger charge is -2.03. The van der Waals surface area contributed by atoms with Crippen molar-refractivity contribution >= 4 is 0 Å². The summed E-state index contributed by atoms with van der Waals surface area (Å²) in [6.07, 6.45) is 39.9. The van der Waals surface area contributed by atoms with Crippen molar-refractivity contribution in [2.24, 2.45) is 0 Å². The highest BCUT2D eigenvalue weighted by molar-refractivity contribution is 4.86. The van der Waals surface area contributed by atoms with Crippen LogP contribution in [0.5, 0.6) is 0 Å². The standard InChI is InChI=1S/C28H55/c1-3-5-7-9-11-13-15-17-19-21-23-25-27-28-26-24-22-20-18-16-14-12-10-8-6-4-2/h13,17,19H,3-12,14-16,18,20-28H2,1-2H3. The predicted molar refractivity (Wildman–Crippen MR) is 131 cm³/mol. The Morgan fingerprint density at radius 3 is 1.18 bits per heavy atom. The van der Waals surface area contributed by atoms with Crippen LogP contribution in [-0.4, -0.2) is 0 Å². The van der Waals surface area contributed by atoms with E-state index < -0.39 is 0 Å². The first-order valence-electron chi connectivity index (χ1n) is 13.4. The molecule has 0 heterocycles. The summed E-state index contributed by atoms with van der Waals surface area (Å²) >= 11 is 0. The van der Waals surface area contributed by atoms with Crippen LogP contribution in [0.4, 0.5) is 0 Å². The van der Waals surface area contributed by atoms with Crippen LogP contribution < -0.4 is 0 Å². The Morgan fingerprint density at radius 1 is 0.357 bits per heavy atom. The minimum absolute atomic E-state index is 1.19. The Morgan fingerprint density at radius 2 is 0.714 bits per heavy atom. The molecule has 0 heteroatoms. The summed E-state index contributed by atoms with van der Waals surface area (Å²) in [7, 11) is 0. The molecule has 0 nitrogen and oxygen atoms in total. The molecule has 0 bridgehead atoms. The summed E-state index contributed by atoms with van der Waals surface area (Å²) < 4.78 is 0. The summed E-state index contributed by atoms with van der Waals surface area (Å²) in [6, 6.07) is 0. The molecule has 0 spiro atoms. The summed E-state index contributed by atoms with van der Waals surface area (Å²) in [4.78, 5) is 0. The Labute approximate surface area is 180 Å². The van der Waals surface area contributed by atoms with Gasteiger partial charge in [-0.25, -0.2) is 0 Å². The molecule has 0 N–H and O–H groups in total. The molecule has 0 aromatic rings. The fourth-order valence-electron chi connectivity index (χ4n) is 3.95. The van der Waals surface area contributed by atoms with Gasteiger partial charge in [-0.3, -0.25) is 0 Å². The van der Waals surface area contributed by atoms with E-state index in [1.807, 2.05) is 0 Å². The molecular formula is C28H55. The van der Waals surface area contributed by atoms with Crippen molar-refractivity contribution in [2.45, 2.75) is 162 Å². The molecule has 167 valence electrons. The molecule has 0 fully saturated rings. The van der Waals surface area contributed by atoms with E-state index in [0.29, 0.717) is 0 Å². The zero-order valence-electron chi connectivity index (χ0n) is 20.0. The molecule has 1 radical (unpaired) electrons. The van der Waals surface area contributed by atoms with Crippen molar-refractivity contribution < 1.29 is 0 Å². The van der Waals surface area contributed by atoms with Crippen LogP contribution in [0.25, 0.3) is 0 Å². The van der Waals surface area contributed by atoms with Gasteiger partial charge in [0.05, 0.1) is 0 Å². The Balaban J connectivity index is 3.03. The minimum Gasteiger partial charge on any atom is -0.0885 e. The number of unbranched alkanes of at least 4 members (excludes halogenated alkanes) is 22. The molecule has 0 saturated carbocycles. The van der Waals surface area contributed by atoms with Crippen molar-refractivity contribution in [3.63, 3.8) is 0 Å². The monoisotopic (exact) mass is 391 g/mol. The Bertz CT molecular complexity index is 278. The van der Waals surface area contributed by atoms with Crippen molar-refractivity contribution in [1.82, 2.24) is 0 Å². The van der Waals surface area contributed by atoms with E-state index in [1.54, 1.807) is 0 Å². The molecule has 0 rings (SSSR count). The fraction of sp³-hybridized carbons (Fsp3) is 0.893. The molecular weight excluding hydrogens is 336 g/mol. The quantitative estimate of drug-likeness (QED) is 0.113. The van der Waals surface area contributed by atoms with Crippen LogP contribution in [-0.2, 0) is 0 Å². The van der Waals surface area contributed by atoms with E-state index in [4.69, 9.17) is 0 Å². The normalized spacial score (nSPS) is 11.6. The van der Waals surface area contributed by atoms with Crippen LogP contribution >= 0.6 is 0 Å². The second-order valence-corrected chi connectivity index (χ2v) is 8.94. The van der Waals surface area contributed by atoms with Gasteiger partial charge in [0.25, 0.3) is 0 Å². The molecule has 0 amide bonds. The van der Waals surface area contributed by atoms with Gasteiger partial charge >= 0.3 is 0 Å². The van der Waals surface area contributed by atoms with Crippen LogP contribution in [0, 0.1) is 6.42 Å². The van der Waals surface area contributed by atoms with Gasteiger partial charge in [0.2, 0.25) is 0 Å². The average molecular weight is 392 g/mol. The van der Waals surface area contributed by atoms with Crippen molar-refractivity contribution in [3.05, 3.63) is 18.6 Å². The zero-order chi connectivity index (χ0) is 20.4. The van der Waals surface area contributed by atoms with E-state index >= 15 is 0 Å². The van der Waals surface area contributed by atoms with Crippen LogP contribution in [0.1, 0.15) is 162 Å². The first-order chi connectivity index (χ1) is 13.9. The number of hydrogen-bond acceptors (Lipinski definition) is 0. The topological polar surface area (TPSA) is 0 Å². The van der Waals surface area contributed by atoms with Gasteiger partial charge in [0.1, 0.15) is 0 Å². The second-order valence-electron chi connectivity index (χ2n) is 8.94. The third-order valence-corrected chi connectivity index (χ3v) is 5.96. The predicted octanol–water partition coefficient (Wildman–Crippen LogP) is 10.8. The van der Waals surface area contributed by atoms with E-state index in [0.717, 1.165) is 0 Å². The fourth-order valence-corrected chi connectivity index (χ4v) is 3.95. The van der Waals surface area contributed by atoms with Gasteiger partial charge in [0.15, 0.2) is 0 Å². The lowest BCUT2D eigenvalue weighted by Crippen LogP contribution is -1.83. The summed E-state index contributed by atoms with van der Waals surface area (Å²) in [5.74, 6) is 0. The molecule has 0 saturated heterocycles. The van der Waals surface area contributed by atoms with E-state index in [2.05, 4.69) is 32.4 Å². The first kappa shape index (κ1) is 27.7. The molecule has 0 aromatic heterocycles. The molecule has 0 aliphatic carbocycles. The van der Waals surface area contributed by atoms with Gasteiger partial charge in [-0.2, -0.15) is 0 Å². The Kier molecular flexibility index (Phi) is 26.5.